The number of aryl methyl sites for hydroxylation is 1. The fourth-order valence-electron chi connectivity index (χ4n) is 5.21. The predicted molar refractivity (Wildman–Crippen MR) is 157 cm³/mol. The summed E-state index contributed by atoms with van der Waals surface area (Å²) in [6, 6.07) is 21.0. The third-order valence-electron chi connectivity index (χ3n) is 7.21. The summed E-state index contributed by atoms with van der Waals surface area (Å²) >= 11 is 12.4. The van der Waals surface area contributed by atoms with Gasteiger partial charge in [0.1, 0.15) is 17.6 Å². The van der Waals surface area contributed by atoms with Gasteiger partial charge in [0.2, 0.25) is 0 Å². The second-order valence-corrected chi connectivity index (χ2v) is 10.7. The Labute approximate surface area is 239 Å². The molecular weight excluding hydrogens is 533 g/mol. The average Bonchev–Trinajstić information content (AvgIpc) is 3.33. The third-order valence-corrected chi connectivity index (χ3v) is 7.75. The number of benzene rings is 3. The molecule has 204 valence electrons. The van der Waals surface area contributed by atoms with Gasteiger partial charge in [0.05, 0.1) is 23.2 Å². The van der Waals surface area contributed by atoms with E-state index >= 15 is 0 Å². The standard InChI is InChI=1S/C31H33Cl2N3O3/c1-38-29-12-5-9-25-26(31(37)34-20-22-7-4-8-23(32)19-22)21-36(30(25)29)16-6-15-35-17-13-24(14-18-35)39-28-11-3-2-10-27(28)33/h2-5,7-12,19,21,24H,6,13-18,20H2,1H3,(H,34,37). The van der Waals surface area contributed by atoms with Crippen LogP contribution in [-0.2, 0) is 13.1 Å². The van der Waals surface area contributed by atoms with Crippen molar-refractivity contribution in [2.45, 2.75) is 38.5 Å². The van der Waals surface area contributed by atoms with E-state index in [2.05, 4.69) is 14.8 Å². The molecule has 1 amide bonds. The maximum atomic E-state index is 13.2. The largest absolute Gasteiger partial charge is 0.495 e. The van der Waals surface area contributed by atoms with Crippen LogP contribution in [-0.4, -0.2) is 48.2 Å². The van der Waals surface area contributed by atoms with Gasteiger partial charge >= 0.3 is 0 Å². The van der Waals surface area contributed by atoms with Crippen LogP contribution in [0.25, 0.3) is 10.9 Å². The van der Waals surface area contributed by atoms with Crippen LogP contribution >= 0.6 is 23.2 Å². The average molecular weight is 567 g/mol. The molecule has 1 aliphatic heterocycles. The van der Waals surface area contributed by atoms with E-state index in [1.807, 2.05) is 72.9 Å². The van der Waals surface area contributed by atoms with E-state index in [0.717, 1.165) is 73.4 Å². The van der Waals surface area contributed by atoms with Gasteiger partial charge < -0.3 is 24.3 Å². The maximum Gasteiger partial charge on any atom is 0.253 e. The van der Waals surface area contributed by atoms with Gasteiger partial charge in [-0.3, -0.25) is 4.79 Å². The van der Waals surface area contributed by atoms with E-state index in [1.54, 1.807) is 7.11 Å². The van der Waals surface area contributed by atoms with E-state index in [-0.39, 0.29) is 12.0 Å². The van der Waals surface area contributed by atoms with Crippen molar-refractivity contribution in [2.24, 2.45) is 0 Å². The lowest BCUT2D eigenvalue weighted by molar-refractivity contribution is 0.0952. The highest BCUT2D eigenvalue weighted by molar-refractivity contribution is 6.32. The first kappa shape index (κ1) is 27.4. The van der Waals surface area contributed by atoms with Crippen LogP contribution in [0.4, 0.5) is 0 Å². The number of methoxy groups -OCH3 is 1. The molecule has 4 aromatic rings. The van der Waals surface area contributed by atoms with Gasteiger partial charge in [-0.2, -0.15) is 0 Å². The summed E-state index contributed by atoms with van der Waals surface area (Å²) < 4.78 is 14.0. The summed E-state index contributed by atoms with van der Waals surface area (Å²) in [7, 11) is 1.67. The molecule has 0 atom stereocenters. The number of carbonyl (C=O) groups is 1. The van der Waals surface area contributed by atoms with E-state index < -0.39 is 0 Å². The van der Waals surface area contributed by atoms with Crippen LogP contribution in [0.5, 0.6) is 11.5 Å². The summed E-state index contributed by atoms with van der Waals surface area (Å²) in [5.41, 5.74) is 2.54. The number of para-hydroxylation sites is 2. The van der Waals surface area contributed by atoms with Gasteiger partial charge in [-0.1, -0.05) is 59.6 Å². The minimum atomic E-state index is -0.118. The van der Waals surface area contributed by atoms with Gasteiger partial charge in [0, 0.05) is 42.8 Å². The van der Waals surface area contributed by atoms with E-state index in [0.29, 0.717) is 22.2 Å². The number of aromatic nitrogens is 1. The molecule has 1 aromatic heterocycles. The number of ether oxygens (including phenoxy) is 2. The summed E-state index contributed by atoms with van der Waals surface area (Å²) in [6.07, 6.45) is 5.04. The van der Waals surface area contributed by atoms with Crippen molar-refractivity contribution in [3.8, 4) is 11.5 Å². The Balaban J connectivity index is 1.20. The second kappa shape index (κ2) is 12.8. The number of carbonyl (C=O) groups excluding carboxylic acids is 1. The maximum absolute atomic E-state index is 13.2. The van der Waals surface area contributed by atoms with Crippen LogP contribution < -0.4 is 14.8 Å². The highest BCUT2D eigenvalue weighted by Crippen LogP contribution is 2.31. The minimum Gasteiger partial charge on any atom is -0.495 e. The van der Waals surface area contributed by atoms with Gasteiger partial charge in [-0.25, -0.2) is 0 Å². The Hall–Kier alpha value is -3.19. The number of halogens is 2. The van der Waals surface area contributed by atoms with Crippen molar-refractivity contribution in [1.29, 1.82) is 0 Å². The lowest BCUT2D eigenvalue weighted by atomic mass is 10.1. The number of nitrogens with one attached hydrogen (secondary N) is 1. The normalized spacial score (nSPS) is 14.4. The fraction of sp³-hybridized carbons (Fsp3) is 0.323. The third kappa shape index (κ3) is 6.70. The number of amides is 1. The Morgan fingerprint density at radius 2 is 1.74 bits per heavy atom. The molecule has 0 spiro atoms. The number of fused-ring (bicyclic) bond motifs is 1. The molecule has 6 nitrogen and oxygen atoms in total. The number of likely N-dealkylation sites (tertiary alicyclic amines) is 1. The molecule has 8 heteroatoms. The molecule has 1 fully saturated rings. The quantitative estimate of drug-likeness (QED) is 0.229. The summed E-state index contributed by atoms with van der Waals surface area (Å²) in [5.74, 6) is 1.41. The molecule has 2 heterocycles. The first-order valence-corrected chi connectivity index (χ1v) is 14.1. The SMILES string of the molecule is COc1cccc2c(C(=O)NCc3cccc(Cl)c3)cn(CCCN3CCC(Oc4ccccc4Cl)CC3)c12. The highest BCUT2D eigenvalue weighted by Gasteiger charge is 2.22. The first-order valence-electron chi connectivity index (χ1n) is 13.3. The van der Waals surface area contributed by atoms with Crippen molar-refractivity contribution >= 4 is 40.0 Å². The Kier molecular flexibility index (Phi) is 8.97. The minimum absolute atomic E-state index is 0.118. The van der Waals surface area contributed by atoms with Gasteiger partial charge in [-0.05, 0) is 61.7 Å². The van der Waals surface area contributed by atoms with E-state index in [1.165, 1.54) is 0 Å². The molecule has 3 aromatic carbocycles. The number of hydrogen-bond donors (Lipinski definition) is 1. The molecule has 1 aliphatic rings. The fourth-order valence-corrected chi connectivity index (χ4v) is 5.60. The Bertz CT molecular complexity index is 1430. The van der Waals surface area contributed by atoms with Crippen molar-refractivity contribution < 1.29 is 14.3 Å². The van der Waals surface area contributed by atoms with Gasteiger partial charge in [-0.15, -0.1) is 0 Å². The topological polar surface area (TPSA) is 55.7 Å². The smallest absolute Gasteiger partial charge is 0.253 e. The molecule has 39 heavy (non-hydrogen) atoms. The molecule has 0 aliphatic carbocycles. The van der Waals surface area contributed by atoms with Crippen LogP contribution in [0, 0.1) is 0 Å². The predicted octanol–water partition coefficient (Wildman–Crippen LogP) is 6.82. The lowest BCUT2D eigenvalue weighted by Gasteiger charge is -2.32. The zero-order valence-electron chi connectivity index (χ0n) is 22.0. The zero-order chi connectivity index (χ0) is 27.2. The number of piperidine rings is 1. The van der Waals surface area contributed by atoms with Crippen LogP contribution in [0.1, 0.15) is 35.2 Å². The zero-order valence-corrected chi connectivity index (χ0v) is 23.5. The Morgan fingerprint density at radius 1 is 0.974 bits per heavy atom. The number of hydrogen-bond acceptors (Lipinski definition) is 4. The van der Waals surface area contributed by atoms with Crippen LogP contribution in [0.3, 0.4) is 0 Å². The molecule has 0 unspecified atom stereocenters. The first-order chi connectivity index (χ1) is 19.0. The monoisotopic (exact) mass is 565 g/mol. The highest BCUT2D eigenvalue weighted by atomic mass is 35.5. The number of nitrogens with zero attached hydrogens (tertiary/aromatic N) is 2. The van der Waals surface area contributed by atoms with Crippen LogP contribution in [0.2, 0.25) is 10.0 Å². The molecule has 0 bridgehead atoms. The molecule has 1 saturated heterocycles. The van der Waals surface area contributed by atoms with Gasteiger partial charge in [0.25, 0.3) is 5.91 Å². The molecule has 1 N–H and O–H groups in total. The van der Waals surface area contributed by atoms with Crippen molar-refractivity contribution in [3.05, 3.63) is 94.1 Å². The Morgan fingerprint density at radius 3 is 2.51 bits per heavy atom. The summed E-state index contributed by atoms with van der Waals surface area (Å²) in [4.78, 5) is 15.7. The van der Waals surface area contributed by atoms with Crippen molar-refractivity contribution in [1.82, 2.24) is 14.8 Å². The molecular formula is C31H33Cl2N3O3. The number of rotatable bonds is 10. The lowest BCUT2D eigenvalue weighted by Crippen LogP contribution is -2.39. The van der Waals surface area contributed by atoms with Crippen molar-refractivity contribution in [3.63, 3.8) is 0 Å². The van der Waals surface area contributed by atoms with Crippen LogP contribution in [0.15, 0.2) is 72.9 Å². The van der Waals surface area contributed by atoms with E-state index in [9.17, 15) is 4.79 Å². The summed E-state index contributed by atoms with van der Waals surface area (Å²) in [5, 5.41) is 5.23. The molecule has 0 radical (unpaired) electrons. The molecule has 5 rings (SSSR count). The van der Waals surface area contributed by atoms with E-state index in [4.69, 9.17) is 32.7 Å². The second-order valence-electron chi connectivity index (χ2n) is 9.85. The van der Waals surface area contributed by atoms with Gasteiger partial charge in [0.15, 0.2) is 0 Å². The summed E-state index contributed by atoms with van der Waals surface area (Å²) in [6.45, 7) is 4.15. The van der Waals surface area contributed by atoms with Crippen molar-refractivity contribution in [2.75, 3.05) is 26.7 Å². The molecule has 0 saturated carbocycles.